The zero-order valence-corrected chi connectivity index (χ0v) is 16.2. The molecule has 0 radical (unpaired) electrons. The highest BCUT2D eigenvalue weighted by Gasteiger charge is 2.16. The number of rotatable bonds is 3. The summed E-state index contributed by atoms with van der Waals surface area (Å²) in [6.07, 6.45) is 1.19. The molecule has 2 N–H and O–H groups in total. The van der Waals surface area contributed by atoms with Crippen LogP contribution in [0.5, 0.6) is 0 Å². The maximum Gasteiger partial charge on any atom is 0.326 e. The molecule has 2 aromatic carbocycles. The van der Waals surface area contributed by atoms with Crippen molar-refractivity contribution in [2.24, 2.45) is 0 Å². The van der Waals surface area contributed by atoms with Crippen molar-refractivity contribution in [1.82, 2.24) is 15.1 Å². The molecule has 3 rings (SSSR count). The molecule has 1 aromatic heterocycles. The first-order valence-corrected chi connectivity index (χ1v) is 8.91. The molecule has 0 aliphatic rings. The van der Waals surface area contributed by atoms with E-state index in [4.69, 9.17) is 34.8 Å². The van der Waals surface area contributed by atoms with Crippen LogP contribution in [-0.2, 0) is 0 Å². The summed E-state index contributed by atoms with van der Waals surface area (Å²) in [5.74, 6) is -0.707. The lowest BCUT2D eigenvalue weighted by molar-refractivity contribution is 0.0967. The minimum absolute atomic E-state index is 0.0543. The molecule has 1 heterocycles. The van der Waals surface area contributed by atoms with Gasteiger partial charge in [0.2, 0.25) is 0 Å². The maximum atomic E-state index is 12.4. The van der Waals surface area contributed by atoms with Gasteiger partial charge in [-0.25, -0.2) is 4.79 Å². The van der Waals surface area contributed by atoms with Gasteiger partial charge in [0.15, 0.2) is 0 Å². The first kappa shape index (κ1) is 19.9. The van der Waals surface area contributed by atoms with Gasteiger partial charge < -0.3 is 5.32 Å². The predicted molar refractivity (Wildman–Crippen MR) is 108 cm³/mol. The molecule has 0 saturated carbocycles. The van der Waals surface area contributed by atoms with Crippen molar-refractivity contribution in [1.29, 1.82) is 0 Å². The quantitative estimate of drug-likeness (QED) is 0.643. The molecular formula is C18H11Cl3N4O3. The Labute approximate surface area is 173 Å². The number of hydrogen-bond donors (Lipinski definition) is 2. The number of carbonyl (C=O) groups is 2. The average Bonchev–Trinajstić information content (AvgIpc) is 2.67. The average molecular weight is 438 g/mol. The van der Waals surface area contributed by atoms with E-state index in [1.54, 1.807) is 36.4 Å². The molecule has 0 atom stereocenters. The van der Waals surface area contributed by atoms with Crippen molar-refractivity contribution < 1.29 is 9.59 Å². The summed E-state index contributed by atoms with van der Waals surface area (Å²) in [6, 6.07) is 11.7. The van der Waals surface area contributed by atoms with E-state index in [0.29, 0.717) is 10.7 Å². The largest absolute Gasteiger partial charge is 0.326 e. The predicted octanol–water partition coefficient (Wildman–Crippen LogP) is 4.15. The summed E-state index contributed by atoms with van der Waals surface area (Å²) in [5.41, 5.74) is -0.136. The van der Waals surface area contributed by atoms with Crippen LogP contribution >= 0.6 is 34.8 Å². The minimum Gasteiger partial charge on any atom is -0.305 e. The van der Waals surface area contributed by atoms with Gasteiger partial charge in [0.1, 0.15) is 5.02 Å². The summed E-state index contributed by atoms with van der Waals surface area (Å²) in [4.78, 5) is 36.6. The number of halogens is 3. The molecule has 3 aromatic rings. The van der Waals surface area contributed by atoms with Crippen LogP contribution in [0.3, 0.4) is 0 Å². The van der Waals surface area contributed by atoms with Crippen molar-refractivity contribution in [3.63, 3.8) is 0 Å². The van der Waals surface area contributed by atoms with Gasteiger partial charge in [-0.05, 0) is 36.4 Å². The van der Waals surface area contributed by atoms with Crippen LogP contribution in [0.2, 0.25) is 15.1 Å². The van der Waals surface area contributed by atoms with Crippen LogP contribution in [0.1, 0.15) is 10.4 Å². The van der Waals surface area contributed by atoms with Gasteiger partial charge in [0, 0.05) is 5.02 Å². The third-order valence-electron chi connectivity index (χ3n) is 3.58. The van der Waals surface area contributed by atoms with Gasteiger partial charge in [-0.15, -0.1) is 0 Å². The van der Waals surface area contributed by atoms with Crippen molar-refractivity contribution >= 4 is 52.4 Å². The third-order valence-corrected chi connectivity index (χ3v) is 4.53. The lowest BCUT2D eigenvalue weighted by atomic mass is 10.2. The van der Waals surface area contributed by atoms with E-state index in [9.17, 15) is 14.4 Å². The Hall–Kier alpha value is -2.87. The smallest absolute Gasteiger partial charge is 0.305 e. The SMILES string of the molecule is O=C(NC(=O)c1ccccc1Cl)Nc1cnn(-c2ccc(Cl)cc2)c(=O)c1Cl. The van der Waals surface area contributed by atoms with Crippen LogP contribution in [-0.4, -0.2) is 21.7 Å². The standard InChI is InChI=1S/C18H11Cl3N4O3/c19-10-5-7-11(8-6-10)25-17(27)15(21)14(9-22-25)23-18(28)24-16(26)12-3-1-2-4-13(12)20/h1-9H,(H2,23,24,26,28). The summed E-state index contributed by atoms with van der Waals surface area (Å²) in [5, 5.41) is 8.81. The molecule has 0 fully saturated rings. The molecule has 0 aliphatic heterocycles. The Morgan fingerprint density at radius 1 is 0.964 bits per heavy atom. The summed E-state index contributed by atoms with van der Waals surface area (Å²) in [6.45, 7) is 0. The topological polar surface area (TPSA) is 93.1 Å². The Morgan fingerprint density at radius 2 is 1.64 bits per heavy atom. The van der Waals surface area contributed by atoms with Crippen molar-refractivity contribution in [3.8, 4) is 5.69 Å². The zero-order valence-electron chi connectivity index (χ0n) is 13.9. The second-order valence-corrected chi connectivity index (χ2v) is 6.68. The summed E-state index contributed by atoms with van der Waals surface area (Å²) < 4.78 is 1.05. The number of aromatic nitrogens is 2. The number of carbonyl (C=O) groups excluding carboxylic acids is 2. The van der Waals surface area contributed by atoms with Gasteiger partial charge >= 0.3 is 6.03 Å². The molecule has 0 saturated heterocycles. The van der Waals surface area contributed by atoms with Crippen molar-refractivity contribution in [3.05, 3.63) is 85.7 Å². The molecule has 3 amide bonds. The van der Waals surface area contributed by atoms with Crippen LogP contribution < -0.4 is 16.2 Å². The minimum atomic E-state index is -0.891. The van der Waals surface area contributed by atoms with Crippen molar-refractivity contribution in [2.75, 3.05) is 5.32 Å². The highest BCUT2D eigenvalue weighted by Crippen LogP contribution is 2.18. The lowest BCUT2D eigenvalue weighted by Gasteiger charge is -2.10. The molecule has 28 heavy (non-hydrogen) atoms. The Kier molecular flexibility index (Phi) is 5.99. The van der Waals surface area contributed by atoms with Gasteiger partial charge in [0.05, 0.1) is 28.2 Å². The van der Waals surface area contributed by atoms with Crippen LogP contribution in [0.4, 0.5) is 10.5 Å². The number of nitrogens with one attached hydrogen (secondary N) is 2. The van der Waals surface area contributed by atoms with E-state index in [1.165, 1.54) is 18.3 Å². The molecule has 7 nitrogen and oxygen atoms in total. The number of imide groups is 1. The van der Waals surface area contributed by atoms with Gasteiger partial charge in [-0.1, -0.05) is 46.9 Å². The first-order chi connectivity index (χ1) is 13.4. The summed E-state index contributed by atoms with van der Waals surface area (Å²) >= 11 is 17.8. The number of anilines is 1. The number of urea groups is 1. The Morgan fingerprint density at radius 3 is 2.32 bits per heavy atom. The van der Waals surface area contributed by atoms with Crippen LogP contribution in [0, 0.1) is 0 Å². The molecule has 142 valence electrons. The maximum absolute atomic E-state index is 12.4. The molecule has 0 unspecified atom stereocenters. The number of nitrogens with zero attached hydrogens (tertiary/aromatic N) is 2. The van der Waals surface area contributed by atoms with Gasteiger partial charge in [0.25, 0.3) is 11.5 Å². The van der Waals surface area contributed by atoms with Gasteiger partial charge in [-0.3, -0.25) is 14.9 Å². The fraction of sp³-hybridized carbons (Fsp3) is 0. The van der Waals surface area contributed by atoms with Gasteiger partial charge in [-0.2, -0.15) is 9.78 Å². The van der Waals surface area contributed by atoms with E-state index >= 15 is 0 Å². The molecule has 0 spiro atoms. The fourth-order valence-electron chi connectivity index (χ4n) is 2.26. The van der Waals surface area contributed by atoms with Crippen LogP contribution in [0.15, 0.2) is 59.5 Å². The van der Waals surface area contributed by atoms with E-state index in [-0.39, 0.29) is 21.3 Å². The van der Waals surface area contributed by atoms with Crippen molar-refractivity contribution in [2.45, 2.75) is 0 Å². The number of hydrogen-bond acceptors (Lipinski definition) is 4. The van der Waals surface area contributed by atoms with E-state index in [2.05, 4.69) is 15.7 Å². The molecule has 10 heteroatoms. The Bertz CT molecular complexity index is 1110. The Balaban J connectivity index is 1.77. The lowest BCUT2D eigenvalue weighted by Crippen LogP contribution is -2.35. The summed E-state index contributed by atoms with van der Waals surface area (Å²) in [7, 11) is 0. The fourth-order valence-corrected chi connectivity index (χ4v) is 2.78. The van der Waals surface area contributed by atoms with E-state index in [1.807, 2.05) is 0 Å². The van der Waals surface area contributed by atoms with E-state index in [0.717, 1.165) is 4.68 Å². The monoisotopic (exact) mass is 436 g/mol. The zero-order chi connectivity index (χ0) is 20.3. The second-order valence-electron chi connectivity index (χ2n) is 5.45. The number of benzene rings is 2. The highest BCUT2D eigenvalue weighted by atomic mass is 35.5. The molecule has 0 aliphatic carbocycles. The molecule has 0 bridgehead atoms. The highest BCUT2D eigenvalue weighted by molar-refractivity contribution is 6.35. The second kappa shape index (κ2) is 8.43. The first-order valence-electron chi connectivity index (χ1n) is 7.77. The van der Waals surface area contributed by atoms with E-state index < -0.39 is 17.5 Å². The molecular weight excluding hydrogens is 427 g/mol. The number of amides is 3. The van der Waals surface area contributed by atoms with Crippen LogP contribution in [0.25, 0.3) is 5.69 Å². The third kappa shape index (κ3) is 4.33. The normalized spacial score (nSPS) is 10.4.